The number of benzene rings is 1. The standard InChI is InChI=1S/C15H11ClF3N3O2S/c16-11-8-21-14(22-9-11)24-12-4-1-3-10(7-20)13(12)25(23)6-2-5-15(17,18)19/h1,3-4,8-9H,2,5-6H2. The van der Waals surface area contributed by atoms with Gasteiger partial charge in [-0.1, -0.05) is 17.7 Å². The maximum absolute atomic E-state index is 12.4. The van der Waals surface area contributed by atoms with Crippen LogP contribution in [0.5, 0.6) is 11.8 Å². The Labute approximate surface area is 149 Å². The van der Waals surface area contributed by atoms with Crippen LogP contribution in [0.4, 0.5) is 13.2 Å². The highest BCUT2D eigenvalue weighted by atomic mass is 35.5. The summed E-state index contributed by atoms with van der Waals surface area (Å²) in [5.74, 6) is -0.206. The molecule has 0 spiro atoms. The molecule has 0 radical (unpaired) electrons. The van der Waals surface area contributed by atoms with Gasteiger partial charge in [-0.15, -0.1) is 0 Å². The zero-order valence-electron chi connectivity index (χ0n) is 12.6. The highest BCUT2D eigenvalue weighted by molar-refractivity contribution is 7.91. The van der Waals surface area contributed by atoms with Crippen LogP contribution >= 0.6 is 11.6 Å². The molecule has 2 aromatic rings. The molecule has 5 nitrogen and oxygen atoms in total. The third-order valence-corrected chi connectivity index (χ3v) is 4.65. The van der Waals surface area contributed by atoms with Gasteiger partial charge in [0.1, 0.15) is 17.4 Å². The number of nitrogens with zero attached hydrogens (tertiary/aromatic N) is 3. The second kappa shape index (κ2) is 8.38. The normalized spacial score (nSPS) is 12.5. The molecule has 0 bridgehead atoms. The van der Waals surface area contributed by atoms with Gasteiger partial charge in [-0.3, -0.25) is 0 Å². The number of alkyl halides is 3. The van der Waals surface area contributed by atoms with Gasteiger partial charge >= 0.3 is 12.2 Å². The van der Waals surface area contributed by atoms with Gasteiger partial charge < -0.3 is 9.29 Å². The first kappa shape index (κ1) is 19.3. The Morgan fingerprint density at radius 3 is 2.56 bits per heavy atom. The SMILES string of the molecule is N#Cc1cccc(Oc2ncc(Cl)cn2)c1[S+]([O-])CCCC(F)(F)F. The van der Waals surface area contributed by atoms with Crippen molar-refractivity contribution in [2.45, 2.75) is 23.9 Å². The second-order valence-electron chi connectivity index (χ2n) is 4.80. The van der Waals surface area contributed by atoms with Gasteiger partial charge in [-0.2, -0.15) is 18.4 Å². The van der Waals surface area contributed by atoms with Gasteiger partial charge in [0.2, 0.25) is 4.90 Å². The summed E-state index contributed by atoms with van der Waals surface area (Å²) >= 11 is 3.83. The molecule has 0 aliphatic heterocycles. The van der Waals surface area contributed by atoms with E-state index in [-0.39, 0.29) is 39.4 Å². The summed E-state index contributed by atoms with van der Waals surface area (Å²) in [7, 11) is 0. The van der Waals surface area contributed by atoms with Crippen molar-refractivity contribution in [1.82, 2.24) is 9.97 Å². The molecule has 1 atom stereocenters. The molecule has 0 aliphatic carbocycles. The van der Waals surface area contributed by atoms with Crippen LogP contribution in [-0.2, 0) is 11.2 Å². The highest BCUT2D eigenvalue weighted by Crippen LogP contribution is 2.32. The predicted octanol–water partition coefficient (Wildman–Crippen LogP) is 4.24. The Morgan fingerprint density at radius 1 is 1.28 bits per heavy atom. The van der Waals surface area contributed by atoms with Gasteiger partial charge in [0.05, 0.1) is 17.4 Å². The summed E-state index contributed by atoms with van der Waals surface area (Å²) in [5, 5.41) is 9.47. The molecular formula is C15H11ClF3N3O2S. The maximum Gasteiger partial charge on any atom is 0.389 e. The molecule has 132 valence electrons. The molecule has 2 rings (SSSR count). The molecule has 0 fully saturated rings. The molecule has 1 heterocycles. The van der Waals surface area contributed by atoms with Crippen LogP contribution in [0.25, 0.3) is 0 Å². The predicted molar refractivity (Wildman–Crippen MR) is 84.8 cm³/mol. The second-order valence-corrected chi connectivity index (χ2v) is 6.74. The number of hydrogen-bond donors (Lipinski definition) is 0. The number of rotatable bonds is 6. The van der Waals surface area contributed by atoms with Crippen LogP contribution in [-0.4, -0.2) is 26.4 Å². The third kappa shape index (κ3) is 5.77. The summed E-state index contributed by atoms with van der Waals surface area (Å²) in [4.78, 5) is 7.68. The van der Waals surface area contributed by atoms with E-state index in [0.29, 0.717) is 0 Å². The van der Waals surface area contributed by atoms with E-state index in [1.807, 2.05) is 6.07 Å². The summed E-state index contributed by atoms with van der Waals surface area (Å²) in [6.07, 6.45) is -3.12. The van der Waals surface area contributed by atoms with Crippen molar-refractivity contribution >= 4 is 22.8 Å². The molecular weight excluding hydrogens is 379 g/mol. The van der Waals surface area contributed by atoms with Gasteiger partial charge in [0.25, 0.3) is 0 Å². The zero-order valence-corrected chi connectivity index (χ0v) is 14.2. The van der Waals surface area contributed by atoms with Crippen LogP contribution in [0.1, 0.15) is 18.4 Å². The molecule has 0 aliphatic rings. The van der Waals surface area contributed by atoms with Crippen molar-refractivity contribution in [2.24, 2.45) is 0 Å². The first-order valence-electron chi connectivity index (χ1n) is 6.94. The fourth-order valence-electron chi connectivity index (χ4n) is 1.88. The first-order valence-corrected chi connectivity index (χ1v) is 8.63. The molecule has 10 heteroatoms. The summed E-state index contributed by atoms with van der Waals surface area (Å²) in [5.41, 5.74) is 0.0526. The molecule has 1 aromatic heterocycles. The fourth-order valence-corrected chi connectivity index (χ4v) is 3.28. The Morgan fingerprint density at radius 2 is 1.96 bits per heavy atom. The highest BCUT2D eigenvalue weighted by Gasteiger charge is 2.29. The van der Waals surface area contributed by atoms with Gasteiger partial charge in [-0.05, 0) is 23.3 Å². The zero-order chi connectivity index (χ0) is 18.4. The number of hydrogen-bond acceptors (Lipinski definition) is 5. The largest absolute Gasteiger partial charge is 0.611 e. The molecule has 0 saturated heterocycles. The topological polar surface area (TPSA) is 81.9 Å². The number of aromatic nitrogens is 2. The van der Waals surface area contributed by atoms with Crippen LogP contribution in [0.3, 0.4) is 0 Å². The lowest BCUT2D eigenvalue weighted by Crippen LogP contribution is -2.14. The molecule has 1 aromatic carbocycles. The smallest absolute Gasteiger partial charge is 0.389 e. The Balaban J connectivity index is 2.23. The van der Waals surface area contributed by atoms with E-state index < -0.39 is 23.8 Å². The van der Waals surface area contributed by atoms with Crippen LogP contribution in [0, 0.1) is 11.3 Å². The maximum atomic E-state index is 12.4. The van der Waals surface area contributed by atoms with E-state index in [9.17, 15) is 23.0 Å². The third-order valence-electron chi connectivity index (χ3n) is 2.91. The monoisotopic (exact) mass is 389 g/mol. The Hall–Kier alpha value is -2.02. The van der Waals surface area contributed by atoms with Crippen LogP contribution in [0.15, 0.2) is 35.5 Å². The van der Waals surface area contributed by atoms with E-state index in [1.165, 1.54) is 30.6 Å². The molecule has 0 amide bonds. The molecule has 0 N–H and O–H groups in total. The van der Waals surface area contributed by atoms with E-state index in [0.717, 1.165) is 0 Å². The molecule has 0 saturated carbocycles. The summed E-state index contributed by atoms with van der Waals surface area (Å²) in [6, 6.07) is 6.12. The summed E-state index contributed by atoms with van der Waals surface area (Å²) in [6.45, 7) is 0. The average Bonchev–Trinajstić information content (AvgIpc) is 2.55. The lowest BCUT2D eigenvalue weighted by molar-refractivity contribution is -0.134. The van der Waals surface area contributed by atoms with Crippen molar-refractivity contribution in [3.05, 3.63) is 41.2 Å². The number of nitriles is 1. The fraction of sp³-hybridized carbons (Fsp3) is 0.267. The van der Waals surface area contributed by atoms with E-state index in [2.05, 4.69) is 9.97 Å². The van der Waals surface area contributed by atoms with Gasteiger partial charge in [0, 0.05) is 12.8 Å². The summed E-state index contributed by atoms with van der Waals surface area (Å²) < 4.78 is 54.6. The minimum atomic E-state index is -4.32. The quantitative estimate of drug-likeness (QED) is 0.690. The van der Waals surface area contributed by atoms with Crippen molar-refractivity contribution in [1.29, 1.82) is 5.26 Å². The van der Waals surface area contributed by atoms with Crippen LogP contribution in [0.2, 0.25) is 5.02 Å². The first-order chi connectivity index (χ1) is 11.8. The van der Waals surface area contributed by atoms with Crippen molar-refractivity contribution in [2.75, 3.05) is 5.75 Å². The Kier molecular flexibility index (Phi) is 6.47. The Bertz CT molecular complexity index is 766. The minimum Gasteiger partial charge on any atom is -0.611 e. The average molecular weight is 390 g/mol. The lowest BCUT2D eigenvalue weighted by Gasteiger charge is -2.15. The van der Waals surface area contributed by atoms with E-state index in [4.69, 9.17) is 16.3 Å². The minimum absolute atomic E-state index is 0.0192. The van der Waals surface area contributed by atoms with E-state index >= 15 is 0 Å². The van der Waals surface area contributed by atoms with E-state index in [1.54, 1.807) is 0 Å². The number of ether oxygens (including phenoxy) is 1. The van der Waals surface area contributed by atoms with Crippen molar-refractivity contribution in [3.8, 4) is 17.8 Å². The molecule has 25 heavy (non-hydrogen) atoms. The van der Waals surface area contributed by atoms with Crippen molar-refractivity contribution < 1.29 is 22.5 Å². The molecule has 1 unspecified atom stereocenters. The van der Waals surface area contributed by atoms with Gasteiger partial charge in [-0.25, -0.2) is 9.97 Å². The van der Waals surface area contributed by atoms with Crippen LogP contribution < -0.4 is 4.74 Å². The number of halogens is 4. The lowest BCUT2D eigenvalue weighted by atomic mass is 10.2. The van der Waals surface area contributed by atoms with Crippen molar-refractivity contribution in [3.63, 3.8) is 0 Å². The van der Waals surface area contributed by atoms with Gasteiger partial charge in [0.15, 0.2) is 5.75 Å².